The fourth-order valence-electron chi connectivity index (χ4n) is 5.62. The molecule has 1 atom stereocenters. The number of carbonyl (C=O) groups is 1. The molecule has 0 N–H and O–H groups in total. The van der Waals surface area contributed by atoms with E-state index in [1.165, 1.54) is 11.1 Å². The zero-order chi connectivity index (χ0) is 23.2. The molecule has 0 aromatic heterocycles. The van der Waals surface area contributed by atoms with Crippen LogP contribution in [0.5, 0.6) is 0 Å². The van der Waals surface area contributed by atoms with Crippen LogP contribution in [0, 0.1) is 0 Å². The van der Waals surface area contributed by atoms with Gasteiger partial charge in [0.1, 0.15) is 5.66 Å². The van der Waals surface area contributed by atoms with Gasteiger partial charge in [-0.15, -0.1) is 0 Å². The summed E-state index contributed by atoms with van der Waals surface area (Å²) in [6.45, 7) is 9.95. The predicted molar refractivity (Wildman–Crippen MR) is 136 cm³/mol. The molecule has 5 rings (SSSR count). The molecule has 1 amide bonds. The second-order valence-corrected chi connectivity index (χ2v) is 10.1. The topological polar surface area (TPSA) is 23.6 Å². The van der Waals surface area contributed by atoms with Gasteiger partial charge in [0.05, 0.1) is 6.54 Å². The average molecular weight is 437 g/mol. The number of benzene rings is 3. The first-order valence-corrected chi connectivity index (χ1v) is 11.9. The zero-order valence-corrected chi connectivity index (χ0v) is 20.0. The fourth-order valence-corrected chi connectivity index (χ4v) is 5.62. The van der Waals surface area contributed by atoms with Crippen LogP contribution < -0.4 is 4.90 Å². The third kappa shape index (κ3) is 3.30. The van der Waals surface area contributed by atoms with Gasteiger partial charge in [-0.3, -0.25) is 4.79 Å². The van der Waals surface area contributed by atoms with Gasteiger partial charge in [-0.2, -0.15) is 0 Å². The maximum absolute atomic E-state index is 13.5. The summed E-state index contributed by atoms with van der Waals surface area (Å²) in [6.07, 6.45) is 4.46. The van der Waals surface area contributed by atoms with E-state index in [0.717, 1.165) is 16.8 Å². The minimum absolute atomic E-state index is 0.168. The molecule has 2 aliphatic rings. The SMILES string of the molecule is CC(C)c1ccc(C=CC23N(Cc4ccccc4)C(=O)CN2c2ccccc2C3(C)C)cc1. The van der Waals surface area contributed by atoms with E-state index >= 15 is 0 Å². The molecule has 0 radical (unpaired) electrons. The summed E-state index contributed by atoms with van der Waals surface area (Å²) < 4.78 is 0. The number of hydrogen-bond acceptors (Lipinski definition) is 2. The van der Waals surface area contributed by atoms with Gasteiger partial charge in [-0.1, -0.05) is 107 Å². The van der Waals surface area contributed by atoms with Gasteiger partial charge in [-0.25, -0.2) is 0 Å². The molecule has 0 spiro atoms. The van der Waals surface area contributed by atoms with E-state index in [0.29, 0.717) is 19.0 Å². The number of hydrogen-bond donors (Lipinski definition) is 0. The quantitative estimate of drug-likeness (QED) is 0.465. The Morgan fingerprint density at radius 1 is 0.909 bits per heavy atom. The highest BCUT2D eigenvalue weighted by Gasteiger charge is 2.63. The molecule has 3 aromatic rings. The lowest BCUT2D eigenvalue weighted by Crippen LogP contribution is -2.60. The first kappa shape index (κ1) is 21.5. The molecule has 2 heterocycles. The lowest BCUT2D eigenvalue weighted by Gasteiger charge is -2.46. The Balaban J connectivity index is 1.62. The number of amides is 1. The van der Waals surface area contributed by atoms with Crippen molar-refractivity contribution in [2.24, 2.45) is 0 Å². The van der Waals surface area contributed by atoms with E-state index in [9.17, 15) is 4.79 Å². The zero-order valence-electron chi connectivity index (χ0n) is 20.0. The molecule has 2 aliphatic heterocycles. The molecular formula is C30H32N2O. The summed E-state index contributed by atoms with van der Waals surface area (Å²) in [5.41, 5.74) is 5.23. The minimum Gasteiger partial charge on any atom is -0.335 e. The van der Waals surface area contributed by atoms with Gasteiger partial charge in [0.2, 0.25) is 5.91 Å². The van der Waals surface area contributed by atoms with E-state index < -0.39 is 5.66 Å². The number of fused-ring (bicyclic) bond motifs is 3. The summed E-state index contributed by atoms with van der Waals surface area (Å²) >= 11 is 0. The van der Waals surface area contributed by atoms with E-state index in [2.05, 4.69) is 110 Å². The first-order chi connectivity index (χ1) is 15.8. The van der Waals surface area contributed by atoms with Crippen molar-refractivity contribution in [3.8, 4) is 0 Å². The maximum Gasteiger partial charge on any atom is 0.244 e. The predicted octanol–water partition coefficient (Wildman–Crippen LogP) is 6.36. The molecular weight excluding hydrogens is 404 g/mol. The van der Waals surface area contributed by atoms with Crippen molar-refractivity contribution >= 4 is 17.7 Å². The van der Waals surface area contributed by atoms with E-state index in [1.807, 2.05) is 18.2 Å². The van der Waals surface area contributed by atoms with Crippen molar-refractivity contribution < 1.29 is 4.79 Å². The lowest BCUT2D eigenvalue weighted by molar-refractivity contribution is -0.131. The van der Waals surface area contributed by atoms with Crippen LogP contribution in [0.4, 0.5) is 5.69 Å². The second-order valence-electron chi connectivity index (χ2n) is 10.1. The molecule has 1 fully saturated rings. The van der Waals surface area contributed by atoms with Crippen LogP contribution in [0.3, 0.4) is 0 Å². The molecule has 3 aromatic carbocycles. The van der Waals surface area contributed by atoms with E-state index in [4.69, 9.17) is 0 Å². The summed E-state index contributed by atoms with van der Waals surface area (Å²) in [4.78, 5) is 17.9. The van der Waals surface area contributed by atoms with Gasteiger partial charge < -0.3 is 9.80 Å². The fraction of sp³-hybridized carbons (Fsp3) is 0.300. The highest BCUT2D eigenvalue weighted by molar-refractivity contribution is 5.91. The van der Waals surface area contributed by atoms with Crippen LogP contribution in [0.15, 0.2) is 84.9 Å². The molecule has 0 aliphatic carbocycles. The van der Waals surface area contributed by atoms with Gasteiger partial charge in [-0.05, 0) is 40.3 Å². The van der Waals surface area contributed by atoms with Crippen molar-refractivity contribution in [3.63, 3.8) is 0 Å². The summed E-state index contributed by atoms with van der Waals surface area (Å²) in [6, 6.07) is 27.6. The molecule has 0 saturated carbocycles. The maximum atomic E-state index is 13.5. The van der Waals surface area contributed by atoms with Crippen molar-refractivity contribution in [3.05, 3.63) is 107 Å². The van der Waals surface area contributed by atoms with Gasteiger partial charge in [0.15, 0.2) is 0 Å². The van der Waals surface area contributed by atoms with Crippen molar-refractivity contribution in [1.82, 2.24) is 4.90 Å². The van der Waals surface area contributed by atoms with Crippen molar-refractivity contribution in [1.29, 1.82) is 0 Å². The van der Waals surface area contributed by atoms with Crippen LogP contribution in [0.2, 0.25) is 0 Å². The van der Waals surface area contributed by atoms with Crippen molar-refractivity contribution in [2.45, 2.75) is 51.2 Å². The standard InChI is InChI=1S/C30H32N2O/c1-22(2)25-16-14-23(15-17-25)18-19-30-29(3,4)26-12-8-9-13-27(26)31(30)21-28(33)32(30)20-24-10-6-5-7-11-24/h5-19,22H,20-21H2,1-4H3. The number of anilines is 1. The Morgan fingerprint density at radius 3 is 2.27 bits per heavy atom. The molecule has 33 heavy (non-hydrogen) atoms. The third-order valence-corrected chi connectivity index (χ3v) is 7.50. The van der Waals surface area contributed by atoms with E-state index in [1.54, 1.807) is 0 Å². The Hall–Kier alpha value is -3.33. The molecule has 168 valence electrons. The lowest BCUT2D eigenvalue weighted by atomic mass is 9.74. The molecule has 3 nitrogen and oxygen atoms in total. The van der Waals surface area contributed by atoms with Crippen LogP contribution in [0.25, 0.3) is 6.08 Å². The van der Waals surface area contributed by atoms with Crippen LogP contribution in [-0.2, 0) is 16.8 Å². The number of rotatable bonds is 5. The largest absolute Gasteiger partial charge is 0.335 e. The Kier molecular flexibility index (Phi) is 5.16. The second kappa shape index (κ2) is 7.91. The monoisotopic (exact) mass is 436 g/mol. The smallest absolute Gasteiger partial charge is 0.244 e. The van der Waals surface area contributed by atoms with Gasteiger partial charge >= 0.3 is 0 Å². The Labute approximate surface area is 197 Å². The number of carbonyl (C=O) groups excluding carboxylic acids is 1. The summed E-state index contributed by atoms with van der Waals surface area (Å²) in [5.74, 6) is 0.676. The summed E-state index contributed by atoms with van der Waals surface area (Å²) in [7, 11) is 0. The van der Waals surface area contributed by atoms with Gasteiger partial charge in [0, 0.05) is 17.6 Å². The summed E-state index contributed by atoms with van der Waals surface area (Å²) in [5, 5.41) is 0. The first-order valence-electron chi connectivity index (χ1n) is 11.9. The minimum atomic E-state index is -0.569. The number of nitrogens with zero attached hydrogens (tertiary/aromatic N) is 2. The number of para-hydroxylation sites is 1. The third-order valence-electron chi connectivity index (χ3n) is 7.50. The molecule has 3 heteroatoms. The van der Waals surface area contributed by atoms with Gasteiger partial charge in [0.25, 0.3) is 0 Å². The Bertz CT molecular complexity index is 1190. The normalized spacial score (nSPS) is 21.2. The van der Waals surface area contributed by atoms with Crippen LogP contribution in [-0.4, -0.2) is 23.0 Å². The van der Waals surface area contributed by atoms with E-state index in [-0.39, 0.29) is 11.3 Å². The van der Waals surface area contributed by atoms with Crippen LogP contribution >= 0.6 is 0 Å². The molecule has 0 bridgehead atoms. The highest BCUT2D eigenvalue weighted by Crippen LogP contribution is 2.56. The highest BCUT2D eigenvalue weighted by atomic mass is 16.2. The van der Waals surface area contributed by atoms with Crippen molar-refractivity contribution in [2.75, 3.05) is 11.4 Å². The Morgan fingerprint density at radius 2 is 1.58 bits per heavy atom. The molecule has 1 saturated heterocycles. The molecule has 1 unspecified atom stereocenters. The average Bonchev–Trinajstić information content (AvgIpc) is 3.20. The van der Waals surface area contributed by atoms with Crippen LogP contribution in [0.1, 0.15) is 55.9 Å².